The number of nitrogens with zero attached hydrogens (tertiary/aromatic N) is 8. The second-order valence-corrected chi connectivity index (χ2v) is 26.3. The molecule has 0 unspecified atom stereocenters. The van der Waals surface area contributed by atoms with Gasteiger partial charge in [0.15, 0.2) is 0 Å². The molecular formula is C96H60N8. The highest BCUT2D eigenvalue weighted by Crippen LogP contribution is 2.38. The van der Waals surface area contributed by atoms with Gasteiger partial charge in [-0.05, 0) is 170 Å². The molecule has 20 aromatic rings. The van der Waals surface area contributed by atoms with Crippen molar-refractivity contribution in [2.45, 2.75) is 0 Å². The molecule has 12 aromatic carbocycles. The molecule has 0 radical (unpaired) electrons. The maximum atomic E-state index is 5.05. The van der Waals surface area contributed by atoms with Crippen molar-refractivity contribution in [1.82, 2.24) is 39.9 Å². The fourth-order valence-electron chi connectivity index (χ4n) is 14.5. The van der Waals surface area contributed by atoms with Crippen molar-refractivity contribution in [2.75, 3.05) is 0 Å². The van der Waals surface area contributed by atoms with Crippen LogP contribution in [0.3, 0.4) is 0 Å². The standard InChI is InChI=1S/2C48H30N4/c1-2-6-31(7-3-1)35-8-4-9-38(28-35)44-24-19-40-30-37(17-22-46(40)52-44)36-16-21-45-39(29-36)18-23-43(51-45)33-13-11-32(12-14-33)41-25-27-50-48-42(41)20-15-34-10-5-26-49-47(34)48;1-2-5-31(6-3-1)32-8-12-34(13-9-32)43-24-19-39-29-37(17-22-45(39)51-43)38-18-23-46-40(30-38)20-25-44(52-46)35-14-10-33(11-15-35)41-26-28-50-48-42(41)21-16-36-7-4-27-49-47(36)48/h2*1-30H. The van der Waals surface area contributed by atoms with Crippen LogP contribution in [0.2, 0.25) is 0 Å². The third-order valence-electron chi connectivity index (χ3n) is 19.9. The quantitative estimate of drug-likeness (QED) is 0.125. The average molecular weight is 1330 g/mol. The lowest BCUT2D eigenvalue weighted by Crippen LogP contribution is -1.89. The Morgan fingerprint density at radius 3 is 0.856 bits per heavy atom. The van der Waals surface area contributed by atoms with E-state index >= 15 is 0 Å². The van der Waals surface area contributed by atoms with E-state index in [4.69, 9.17) is 19.9 Å². The third kappa shape index (κ3) is 11.7. The van der Waals surface area contributed by atoms with Crippen LogP contribution in [0.15, 0.2) is 365 Å². The van der Waals surface area contributed by atoms with Gasteiger partial charge in [-0.25, -0.2) is 19.9 Å². The number of aromatic nitrogens is 8. The Labute approximate surface area is 599 Å². The summed E-state index contributed by atoms with van der Waals surface area (Å²) in [7, 11) is 0. The molecule has 104 heavy (non-hydrogen) atoms. The number of rotatable bonds is 10. The van der Waals surface area contributed by atoms with Crippen LogP contribution in [-0.2, 0) is 0 Å². The van der Waals surface area contributed by atoms with E-state index in [0.29, 0.717) is 0 Å². The zero-order valence-electron chi connectivity index (χ0n) is 56.2. The molecule has 0 saturated heterocycles. The number of hydrogen-bond acceptors (Lipinski definition) is 8. The fraction of sp³-hybridized carbons (Fsp3) is 0. The predicted molar refractivity (Wildman–Crippen MR) is 430 cm³/mol. The van der Waals surface area contributed by atoms with Crippen molar-refractivity contribution in [3.05, 3.63) is 365 Å². The van der Waals surface area contributed by atoms with Crippen molar-refractivity contribution in [3.63, 3.8) is 0 Å². The van der Waals surface area contributed by atoms with Crippen LogP contribution in [0, 0.1) is 0 Å². The molecule has 8 nitrogen and oxygen atoms in total. The molecule has 0 fully saturated rings. The fourth-order valence-corrected chi connectivity index (χ4v) is 14.5. The Bertz CT molecular complexity index is 6700. The summed E-state index contributed by atoms with van der Waals surface area (Å²) in [6, 6.07) is 119. The van der Waals surface area contributed by atoms with Crippen molar-refractivity contribution in [2.24, 2.45) is 0 Å². The summed E-state index contributed by atoms with van der Waals surface area (Å²) in [5.41, 5.74) is 29.8. The maximum Gasteiger partial charge on any atom is 0.0970 e. The first-order valence-electron chi connectivity index (χ1n) is 34.9. The van der Waals surface area contributed by atoms with E-state index in [9.17, 15) is 0 Å². The largest absolute Gasteiger partial charge is 0.254 e. The van der Waals surface area contributed by atoms with Gasteiger partial charge in [0.1, 0.15) is 0 Å². The first kappa shape index (κ1) is 61.0. The summed E-state index contributed by atoms with van der Waals surface area (Å²) in [5.74, 6) is 0. The summed E-state index contributed by atoms with van der Waals surface area (Å²) < 4.78 is 0. The number of hydrogen-bond donors (Lipinski definition) is 0. The molecule has 0 aliphatic rings. The van der Waals surface area contributed by atoms with Gasteiger partial charge in [-0.3, -0.25) is 19.9 Å². The van der Waals surface area contributed by atoms with Gasteiger partial charge < -0.3 is 0 Å². The smallest absolute Gasteiger partial charge is 0.0970 e. The van der Waals surface area contributed by atoms with Crippen LogP contribution in [0.25, 0.3) is 199 Å². The van der Waals surface area contributed by atoms with Crippen molar-refractivity contribution < 1.29 is 0 Å². The SMILES string of the molecule is c1ccc(-c2ccc(-c3ccc4cc(-c5ccc6nc(-c7ccc(-c8ccnc9c8ccc8cccnc89)cc7)ccc6c5)ccc4n3)cc2)cc1.c1ccc(-c2cccc(-c3ccc4cc(-c5ccc6nc(-c7ccc(-c8ccnc9c8ccc8cccnc89)cc7)ccc6c5)ccc4n3)c2)cc1. The molecule has 0 spiro atoms. The van der Waals surface area contributed by atoms with E-state index in [0.717, 1.165) is 177 Å². The Morgan fingerprint density at radius 1 is 0.154 bits per heavy atom. The number of benzene rings is 12. The van der Waals surface area contributed by atoms with Crippen LogP contribution >= 0.6 is 0 Å². The van der Waals surface area contributed by atoms with Crippen LogP contribution in [0.4, 0.5) is 0 Å². The number of fused-ring (bicyclic) bond motifs is 10. The van der Waals surface area contributed by atoms with Crippen LogP contribution < -0.4 is 0 Å². The Balaban J connectivity index is 0.000000143. The molecule has 0 aliphatic heterocycles. The topological polar surface area (TPSA) is 103 Å². The van der Waals surface area contributed by atoms with Gasteiger partial charge in [-0.15, -0.1) is 0 Å². The minimum Gasteiger partial charge on any atom is -0.254 e. The molecule has 20 rings (SSSR count). The second-order valence-electron chi connectivity index (χ2n) is 26.3. The highest BCUT2D eigenvalue weighted by molar-refractivity contribution is 6.09. The van der Waals surface area contributed by atoms with Crippen molar-refractivity contribution in [1.29, 1.82) is 0 Å². The lowest BCUT2D eigenvalue weighted by molar-refractivity contribution is 1.37. The van der Waals surface area contributed by atoms with Gasteiger partial charge in [-0.1, -0.05) is 237 Å². The maximum absolute atomic E-state index is 5.05. The molecule has 0 saturated carbocycles. The molecule has 484 valence electrons. The highest BCUT2D eigenvalue weighted by atomic mass is 14.7. The molecule has 0 N–H and O–H groups in total. The molecule has 0 amide bonds. The first-order chi connectivity index (χ1) is 51.5. The van der Waals surface area contributed by atoms with E-state index < -0.39 is 0 Å². The number of pyridine rings is 8. The minimum atomic E-state index is 0.922. The van der Waals surface area contributed by atoms with Crippen LogP contribution in [0.5, 0.6) is 0 Å². The molecule has 8 heteroatoms. The molecule has 0 atom stereocenters. The zero-order valence-corrected chi connectivity index (χ0v) is 56.2. The summed E-state index contributed by atoms with van der Waals surface area (Å²) in [5, 5.41) is 8.82. The Hall–Kier alpha value is -14.1. The summed E-state index contributed by atoms with van der Waals surface area (Å²) in [4.78, 5) is 38.7. The molecular weight excluding hydrogens is 1270 g/mol. The Morgan fingerprint density at radius 2 is 0.452 bits per heavy atom. The summed E-state index contributed by atoms with van der Waals surface area (Å²) >= 11 is 0. The highest BCUT2D eigenvalue weighted by Gasteiger charge is 2.15. The molecule has 0 aliphatic carbocycles. The summed E-state index contributed by atoms with van der Waals surface area (Å²) in [6.45, 7) is 0. The zero-order chi connectivity index (χ0) is 68.9. The van der Waals surface area contributed by atoms with Gasteiger partial charge in [0.25, 0.3) is 0 Å². The summed E-state index contributed by atoms with van der Waals surface area (Å²) in [6.07, 6.45) is 7.39. The van der Waals surface area contributed by atoms with Crippen molar-refractivity contribution in [3.8, 4) is 112 Å². The second kappa shape index (κ2) is 26.2. The predicted octanol–water partition coefficient (Wildman–Crippen LogP) is 24.4. The van der Waals surface area contributed by atoms with Gasteiger partial charge in [0.05, 0.1) is 66.9 Å². The molecule has 0 bridgehead atoms. The lowest BCUT2D eigenvalue weighted by Gasteiger charge is -2.10. The third-order valence-corrected chi connectivity index (χ3v) is 19.9. The van der Waals surface area contributed by atoms with Gasteiger partial charge >= 0.3 is 0 Å². The monoisotopic (exact) mass is 1320 g/mol. The molecule has 8 aromatic heterocycles. The van der Waals surface area contributed by atoms with E-state index in [1.54, 1.807) is 0 Å². The van der Waals surface area contributed by atoms with Crippen LogP contribution in [-0.4, -0.2) is 39.9 Å². The van der Waals surface area contributed by atoms with Gasteiger partial charge in [0, 0.05) is 90.1 Å². The van der Waals surface area contributed by atoms with Gasteiger partial charge in [0.2, 0.25) is 0 Å². The van der Waals surface area contributed by atoms with Crippen molar-refractivity contribution >= 4 is 87.2 Å². The van der Waals surface area contributed by atoms with E-state index in [2.05, 4.69) is 335 Å². The lowest BCUT2D eigenvalue weighted by atomic mass is 9.98. The Kier molecular flexibility index (Phi) is 15.4. The normalized spacial score (nSPS) is 11.5. The van der Waals surface area contributed by atoms with E-state index in [1.165, 1.54) is 22.3 Å². The van der Waals surface area contributed by atoms with E-state index in [-0.39, 0.29) is 0 Å². The van der Waals surface area contributed by atoms with Gasteiger partial charge in [-0.2, -0.15) is 0 Å². The average Bonchev–Trinajstić information content (AvgIpc) is 0.777. The van der Waals surface area contributed by atoms with Crippen LogP contribution in [0.1, 0.15) is 0 Å². The molecule has 8 heterocycles. The first-order valence-corrected chi connectivity index (χ1v) is 34.9. The minimum absolute atomic E-state index is 0.922. The van der Waals surface area contributed by atoms with E-state index in [1.807, 2.05) is 49.1 Å².